The van der Waals surface area contributed by atoms with Crippen LogP contribution >= 0.6 is 0 Å². The van der Waals surface area contributed by atoms with Crippen molar-refractivity contribution in [1.82, 2.24) is 9.21 Å². The largest absolute Gasteiger partial charge is 0.394 e. The number of hydrogen-bond acceptors (Lipinski definition) is 4. The molecule has 0 saturated carbocycles. The Morgan fingerprint density at radius 1 is 1.24 bits per heavy atom. The number of benzene rings is 1. The highest BCUT2D eigenvalue weighted by molar-refractivity contribution is 7.88. The van der Waals surface area contributed by atoms with Gasteiger partial charge < -0.3 is 10.0 Å². The summed E-state index contributed by atoms with van der Waals surface area (Å²) in [6.45, 7) is 5.53. The smallest absolute Gasteiger partial charge is 0.222 e. The maximum absolute atomic E-state index is 12.4. The van der Waals surface area contributed by atoms with Gasteiger partial charge in [0.1, 0.15) is 0 Å². The third-order valence-electron chi connectivity index (χ3n) is 4.87. The molecule has 0 aromatic heterocycles. The molecular weight excluding hydrogens is 340 g/mol. The van der Waals surface area contributed by atoms with Gasteiger partial charge >= 0.3 is 0 Å². The minimum absolute atomic E-state index is 0.0616. The Morgan fingerprint density at radius 2 is 1.84 bits per heavy atom. The van der Waals surface area contributed by atoms with Gasteiger partial charge in [0.15, 0.2) is 0 Å². The van der Waals surface area contributed by atoms with E-state index in [1.54, 1.807) is 11.8 Å². The Bertz CT molecular complexity index is 690. The zero-order valence-corrected chi connectivity index (χ0v) is 16.1. The third-order valence-corrected chi connectivity index (χ3v) is 6.30. The van der Waals surface area contributed by atoms with Crippen LogP contribution in [0.3, 0.4) is 0 Å². The quantitative estimate of drug-likeness (QED) is 0.790. The van der Waals surface area contributed by atoms with Gasteiger partial charge in [-0.05, 0) is 19.4 Å². The highest BCUT2D eigenvalue weighted by atomic mass is 32.2. The fourth-order valence-electron chi connectivity index (χ4n) is 3.74. The number of likely N-dealkylation sites (tertiary alicyclic amines) is 1. The normalized spacial score (nSPS) is 23.8. The number of carbonyl (C=O) groups is 1. The molecule has 1 fully saturated rings. The maximum Gasteiger partial charge on any atom is 0.222 e. The second kappa shape index (κ2) is 7.85. The number of hydrogen-bond donors (Lipinski definition) is 1. The van der Waals surface area contributed by atoms with Gasteiger partial charge in [0.25, 0.3) is 0 Å². The Kier molecular flexibility index (Phi) is 6.24. The van der Waals surface area contributed by atoms with Gasteiger partial charge in [-0.25, -0.2) is 8.42 Å². The van der Waals surface area contributed by atoms with Gasteiger partial charge in [-0.3, -0.25) is 4.79 Å². The van der Waals surface area contributed by atoms with E-state index in [2.05, 4.69) is 0 Å². The van der Waals surface area contributed by atoms with Crippen LogP contribution in [-0.4, -0.2) is 66.2 Å². The van der Waals surface area contributed by atoms with Gasteiger partial charge in [-0.1, -0.05) is 37.3 Å². The molecule has 0 spiro atoms. The average molecular weight is 368 g/mol. The van der Waals surface area contributed by atoms with Gasteiger partial charge in [0.05, 0.1) is 24.9 Å². The van der Waals surface area contributed by atoms with Crippen LogP contribution < -0.4 is 0 Å². The van der Waals surface area contributed by atoms with E-state index in [0.717, 1.165) is 5.56 Å². The van der Waals surface area contributed by atoms with Crippen LogP contribution in [0.1, 0.15) is 38.7 Å². The van der Waals surface area contributed by atoms with Crippen LogP contribution in [0, 0.1) is 0 Å². The number of rotatable bonds is 7. The molecule has 1 aromatic carbocycles. The summed E-state index contributed by atoms with van der Waals surface area (Å²) >= 11 is 0. The van der Waals surface area contributed by atoms with Crippen molar-refractivity contribution in [3.63, 3.8) is 0 Å². The van der Waals surface area contributed by atoms with Crippen molar-refractivity contribution in [2.24, 2.45) is 0 Å². The van der Waals surface area contributed by atoms with E-state index in [0.29, 0.717) is 6.42 Å². The molecule has 0 unspecified atom stereocenters. The predicted octanol–water partition coefficient (Wildman–Crippen LogP) is 1.42. The first kappa shape index (κ1) is 19.9. The molecule has 0 aliphatic carbocycles. The van der Waals surface area contributed by atoms with E-state index in [4.69, 9.17) is 0 Å². The Balaban J connectivity index is 2.38. The fourth-order valence-corrected chi connectivity index (χ4v) is 4.92. The number of aliphatic hydroxyl groups is 1. The van der Waals surface area contributed by atoms with Crippen LogP contribution in [-0.2, 0) is 14.8 Å². The minimum Gasteiger partial charge on any atom is -0.394 e. The van der Waals surface area contributed by atoms with Gasteiger partial charge in [0.2, 0.25) is 15.9 Å². The second-order valence-electron chi connectivity index (χ2n) is 6.83. The first-order chi connectivity index (χ1) is 11.7. The maximum atomic E-state index is 12.4. The summed E-state index contributed by atoms with van der Waals surface area (Å²) in [5.74, 6) is -0.141. The molecule has 2 rings (SSSR count). The monoisotopic (exact) mass is 368 g/mol. The van der Waals surface area contributed by atoms with Crippen molar-refractivity contribution in [3.05, 3.63) is 35.9 Å². The van der Waals surface area contributed by atoms with Crippen molar-refractivity contribution < 1.29 is 18.3 Å². The summed E-state index contributed by atoms with van der Waals surface area (Å²) in [4.78, 5) is 14.1. The third kappa shape index (κ3) is 4.04. The molecule has 7 heteroatoms. The second-order valence-corrected chi connectivity index (χ2v) is 8.77. The van der Waals surface area contributed by atoms with Crippen molar-refractivity contribution in [2.45, 2.75) is 51.2 Å². The van der Waals surface area contributed by atoms with E-state index in [1.165, 1.54) is 10.6 Å². The molecule has 1 heterocycles. The van der Waals surface area contributed by atoms with Crippen molar-refractivity contribution in [1.29, 1.82) is 0 Å². The standard InChI is InChI=1S/C18H28N2O4S/c1-5-17(22)20-15(11-19(13(2)3)25(4,23)24)18(16(20)12-21)14-9-7-6-8-10-14/h6-10,13,15-16,18,21H,5,11-12H2,1-4H3/t15-,16-,18+/m0/s1. The van der Waals surface area contributed by atoms with Gasteiger partial charge in [-0.15, -0.1) is 0 Å². The molecule has 0 bridgehead atoms. The molecule has 140 valence electrons. The minimum atomic E-state index is -3.39. The lowest BCUT2D eigenvalue weighted by atomic mass is 9.74. The first-order valence-corrected chi connectivity index (χ1v) is 10.5. The van der Waals surface area contributed by atoms with Crippen molar-refractivity contribution in [3.8, 4) is 0 Å². The molecule has 1 amide bonds. The lowest BCUT2D eigenvalue weighted by molar-refractivity contribution is -0.151. The molecule has 1 aromatic rings. The summed E-state index contributed by atoms with van der Waals surface area (Å²) in [6.07, 6.45) is 1.52. The Hall–Kier alpha value is -1.44. The number of carbonyl (C=O) groups excluding carboxylic acids is 1. The summed E-state index contributed by atoms with van der Waals surface area (Å²) < 4.78 is 25.8. The molecule has 1 N–H and O–H groups in total. The molecule has 1 saturated heterocycles. The predicted molar refractivity (Wildman–Crippen MR) is 97.7 cm³/mol. The lowest BCUT2D eigenvalue weighted by Gasteiger charge is -2.56. The SMILES string of the molecule is CCC(=O)N1[C@@H](CO)[C@H](c2ccccc2)[C@@H]1CN(C(C)C)S(C)(=O)=O. The average Bonchev–Trinajstić information content (AvgIpc) is 2.53. The molecule has 6 nitrogen and oxygen atoms in total. The molecule has 3 atom stereocenters. The van der Waals surface area contributed by atoms with Gasteiger partial charge in [-0.2, -0.15) is 4.31 Å². The summed E-state index contributed by atoms with van der Waals surface area (Å²) in [5.41, 5.74) is 1.02. The fraction of sp³-hybridized carbons (Fsp3) is 0.611. The van der Waals surface area contributed by atoms with Crippen molar-refractivity contribution >= 4 is 15.9 Å². The van der Waals surface area contributed by atoms with Crippen LogP contribution in [0.15, 0.2) is 30.3 Å². The van der Waals surface area contributed by atoms with E-state index >= 15 is 0 Å². The first-order valence-electron chi connectivity index (χ1n) is 8.66. The molecule has 1 aliphatic heterocycles. The Morgan fingerprint density at radius 3 is 2.28 bits per heavy atom. The highest BCUT2D eigenvalue weighted by Crippen LogP contribution is 2.41. The number of sulfonamides is 1. The molecule has 1 aliphatic rings. The zero-order chi connectivity index (χ0) is 18.8. The molecular formula is C18H28N2O4S. The van der Waals surface area contributed by atoms with Crippen LogP contribution in [0.4, 0.5) is 0 Å². The molecule has 0 radical (unpaired) electrons. The highest BCUT2D eigenvalue weighted by Gasteiger charge is 2.51. The van der Waals surface area contributed by atoms with Gasteiger partial charge in [0, 0.05) is 24.9 Å². The van der Waals surface area contributed by atoms with E-state index in [9.17, 15) is 18.3 Å². The number of amides is 1. The summed E-state index contributed by atoms with van der Waals surface area (Å²) in [7, 11) is -3.39. The van der Waals surface area contributed by atoms with Crippen LogP contribution in [0.5, 0.6) is 0 Å². The van der Waals surface area contributed by atoms with E-state index < -0.39 is 10.0 Å². The lowest BCUT2D eigenvalue weighted by Crippen LogP contribution is -2.69. The van der Waals surface area contributed by atoms with Crippen LogP contribution in [0.25, 0.3) is 0 Å². The summed E-state index contributed by atoms with van der Waals surface area (Å²) in [6, 6.07) is 8.90. The van der Waals surface area contributed by atoms with Crippen molar-refractivity contribution in [2.75, 3.05) is 19.4 Å². The number of aliphatic hydroxyl groups excluding tert-OH is 1. The topological polar surface area (TPSA) is 77.9 Å². The van der Waals surface area contributed by atoms with E-state index in [-0.39, 0.29) is 43.1 Å². The summed E-state index contributed by atoms with van der Waals surface area (Å²) in [5, 5.41) is 9.83. The zero-order valence-electron chi connectivity index (χ0n) is 15.3. The number of nitrogens with zero attached hydrogens (tertiary/aromatic N) is 2. The van der Waals surface area contributed by atoms with E-state index in [1.807, 2.05) is 44.2 Å². The Labute approximate surface area is 150 Å². The van der Waals surface area contributed by atoms with Crippen LogP contribution in [0.2, 0.25) is 0 Å². The molecule has 25 heavy (non-hydrogen) atoms.